The van der Waals surface area contributed by atoms with Crippen molar-refractivity contribution >= 4 is 27.3 Å². The van der Waals surface area contributed by atoms with Crippen molar-refractivity contribution in [2.24, 2.45) is 0 Å². The fourth-order valence-corrected chi connectivity index (χ4v) is 2.43. The Kier molecular flexibility index (Phi) is 4.09. The van der Waals surface area contributed by atoms with Crippen molar-refractivity contribution in [3.63, 3.8) is 0 Å². The summed E-state index contributed by atoms with van der Waals surface area (Å²) in [4.78, 5) is 5.49. The van der Waals surface area contributed by atoms with Gasteiger partial charge in [-0.05, 0) is 52.4 Å². The van der Waals surface area contributed by atoms with Gasteiger partial charge in [0.15, 0.2) is 0 Å². The van der Waals surface area contributed by atoms with Crippen LogP contribution in [0.1, 0.15) is 23.1 Å². The molecule has 0 saturated carbocycles. The van der Waals surface area contributed by atoms with E-state index in [1.54, 1.807) is 17.5 Å². The van der Waals surface area contributed by atoms with Gasteiger partial charge in [-0.15, -0.1) is 11.3 Å². The molecule has 2 aromatic rings. The molecule has 2 heterocycles. The molecule has 0 saturated heterocycles. The van der Waals surface area contributed by atoms with Gasteiger partial charge in [0, 0.05) is 15.5 Å². The van der Waals surface area contributed by atoms with E-state index in [0.717, 1.165) is 23.0 Å². The summed E-state index contributed by atoms with van der Waals surface area (Å²) in [6.45, 7) is 0. The van der Waals surface area contributed by atoms with Crippen LogP contribution in [-0.2, 0) is 6.42 Å². The lowest BCUT2D eigenvalue weighted by Crippen LogP contribution is -2.01. The predicted molar refractivity (Wildman–Crippen MR) is 69.5 cm³/mol. The molecule has 1 unspecified atom stereocenters. The van der Waals surface area contributed by atoms with Crippen molar-refractivity contribution in [3.8, 4) is 0 Å². The molecule has 4 heteroatoms. The lowest BCUT2D eigenvalue weighted by atomic mass is 10.1. The molecule has 2 rings (SSSR count). The molecular formula is C12H12BrNOS. The Bertz CT molecular complexity index is 427. The summed E-state index contributed by atoms with van der Waals surface area (Å²) in [7, 11) is 0. The molecule has 0 radical (unpaired) electrons. The fraction of sp³-hybridized carbons (Fsp3) is 0.250. The number of thiophene rings is 1. The van der Waals surface area contributed by atoms with Gasteiger partial charge in [-0.25, -0.2) is 0 Å². The normalized spacial score (nSPS) is 12.6. The molecule has 2 aromatic heterocycles. The molecule has 0 aliphatic carbocycles. The van der Waals surface area contributed by atoms with Gasteiger partial charge >= 0.3 is 0 Å². The van der Waals surface area contributed by atoms with Crippen LogP contribution >= 0.6 is 27.3 Å². The number of rotatable bonds is 4. The highest BCUT2D eigenvalue weighted by molar-refractivity contribution is 9.10. The van der Waals surface area contributed by atoms with E-state index < -0.39 is 6.10 Å². The smallest absolute Gasteiger partial charge is 0.0963 e. The molecule has 0 fully saturated rings. The summed E-state index contributed by atoms with van der Waals surface area (Å²) in [5.41, 5.74) is 0.736. The SMILES string of the molecule is OC(CCc1cccs1)c1ccc(Br)cn1. The van der Waals surface area contributed by atoms with Crippen LogP contribution in [0.15, 0.2) is 40.3 Å². The van der Waals surface area contributed by atoms with Crippen LogP contribution in [-0.4, -0.2) is 10.1 Å². The number of aryl methyl sites for hydroxylation is 1. The second-order valence-electron chi connectivity index (χ2n) is 3.54. The van der Waals surface area contributed by atoms with Crippen molar-refractivity contribution in [1.29, 1.82) is 0 Å². The fourth-order valence-electron chi connectivity index (χ4n) is 1.47. The van der Waals surface area contributed by atoms with E-state index in [4.69, 9.17) is 0 Å². The topological polar surface area (TPSA) is 33.1 Å². The maximum Gasteiger partial charge on any atom is 0.0963 e. The number of pyridine rings is 1. The molecule has 0 aromatic carbocycles. The Morgan fingerprint density at radius 1 is 1.38 bits per heavy atom. The number of nitrogens with zero attached hydrogens (tertiary/aromatic N) is 1. The number of halogens is 1. The number of aromatic nitrogens is 1. The second-order valence-corrected chi connectivity index (χ2v) is 5.48. The number of hydrogen-bond donors (Lipinski definition) is 1. The maximum atomic E-state index is 9.94. The predicted octanol–water partition coefficient (Wildman–Crippen LogP) is 3.57. The molecule has 0 bridgehead atoms. The highest BCUT2D eigenvalue weighted by atomic mass is 79.9. The molecule has 2 nitrogen and oxygen atoms in total. The van der Waals surface area contributed by atoms with Gasteiger partial charge in [0.25, 0.3) is 0 Å². The summed E-state index contributed by atoms with van der Waals surface area (Å²) in [6.07, 6.45) is 2.85. The third-order valence-electron chi connectivity index (χ3n) is 2.34. The summed E-state index contributed by atoms with van der Waals surface area (Å²) >= 11 is 5.05. The van der Waals surface area contributed by atoms with Crippen LogP contribution in [0.2, 0.25) is 0 Å². The molecule has 84 valence electrons. The van der Waals surface area contributed by atoms with Crippen molar-refractivity contribution < 1.29 is 5.11 Å². The first kappa shape index (κ1) is 11.8. The molecule has 16 heavy (non-hydrogen) atoms. The second kappa shape index (κ2) is 5.57. The van der Waals surface area contributed by atoms with Crippen molar-refractivity contribution in [2.45, 2.75) is 18.9 Å². The van der Waals surface area contributed by atoms with Gasteiger partial charge in [0.1, 0.15) is 0 Å². The zero-order chi connectivity index (χ0) is 11.4. The minimum atomic E-state index is -0.477. The zero-order valence-corrected chi connectivity index (χ0v) is 11.0. The Labute approximate surface area is 107 Å². The Balaban J connectivity index is 1.93. The Morgan fingerprint density at radius 3 is 2.88 bits per heavy atom. The Hall–Kier alpha value is -0.710. The number of aliphatic hydroxyl groups is 1. The molecule has 1 atom stereocenters. The number of hydrogen-bond acceptors (Lipinski definition) is 3. The van der Waals surface area contributed by atoms with E-state index in [2.05, 4.69) is 32.4 Å². The first-order valence-electron chi connectivity index (χ1n) is 5.07. The van der Waals surface area contributed by atoms with Gasteiger partial charge in [-0.3, -0.25) is 4.98 Å². The van der Waals surface area contributed by atoms with Gasteiger partial charge in [-0.1, -0.05) is 6.07 Å². The average molecular weight is 298 g/mol. The monoisotopic (exact) mass is 297 g/mol. The minimum absolute atomic E-state index is 0.477. The number of aliphatic hydroxyl groups excluding tert-OH is 1. The van der Waals surface area contributed by atoms with Crippen LogP contribution in [0, 0.1) is 0 Å². The highest BCUT2D eigenvalue weighted by Gasteiger charge is 2.09. The van der Waals surface area contributed by atoms with E-state index in [1.807, 2.05) is 18.2 Å². The summed E-state index contributed by atoms with van der Waals surface area (Å²) in [5, 5.41) is 12.0. The highest BCUT2D eigenvalue weighted by Crippen LogP contribution is 2.20. The van der Waals surface area contributed by atoms with Crippen LogP contribution < -0.4 is 0 Å². The summed E-state index contributed by atoms with van der Waals surface area (Å²) in [5.74, 6) is 0. The standard InChI is InChI=1S/C12H12BrNOS/c13-9-3-5-11(14-8-9)12(15)6-4-10-2-1-7-16-10/h1-3,5,7-8,12,15H,4,6H2. The van der Waals surface area contributed by atoms with E-state index in [0.29, 0.717) is 0 Å². The molecule has 1 N–H and O–H groups in total. The van der Waals surface area contributed by atoms with Crippen LogP contribution in [0.3, 0.4) is 0 Å². The van der Waals surface area contributed by atoms with Gasteiger partial charge in [0.2, 0.25) is 0 Å². The summed E-state index contributed by atoms with van der Waals surface area (Å²) < 4.78 is 0.932. The van der Waals surface area contributed by atoms with Gasteiger partial charge < -0.3 is 5.11 Å². The van der Waals surface area contributed by atoms with E-state index in [-0.39, 0.29) is 0 Å². The largest absolute Gasteiger partial charge is 0.387 e. The van der Waals surface area contributed by atoms with Crippen molar-refractivity contribution in [3.05, 3.63) is 50.9 Å². The lowest BCUT2D eigenvalue weighted by Gasteiger charge is -2.08. The van der Waals surface area contributed by atoms with Crippen LogP contribution in [0.5, 0.6) is 0 Å². The zero-order valence-electron chi connectivity index (χ0n) is 8.64. The van der Waals surface area contributed by atoms with Crippen LogP contribution in [0.4, 0.5) is 0 Å². The lowest BCUT2D eigenvalue weighted by molar-refractivity contribution is 0.163. The maximum absolute atomic E-state index is 9.94. The third kappa shape index (κ3) is 3.14. The van der Waals surface area contributed by atoms with E-state index in [1.165, 1.54) is 4.88 Å². The molecule has 0 aliphatic heterocycles. The Morgan fingerprint density at radius 2 is 2.25 bits per heavy atom. The third-order valence-corrected chi connectivity index (χ3v) is 3.74. The van der Waals surface area contributed by atoms with E-state index >= 15 is 0 Å². The minimum Gasteiger partial charge on any atom is -0.387 e. The molecule has 0 spiro atoms. The van der Waals surface area contributed by atoms with E-state index in [9.17, 15) is 5.11 Å². The summed E-state index contributed by atoms with van der Waals surface area (Å²) in [6, 6.07) is 7.87. The van der Waals surface area contributed by atoms with Crippen molar-refractivity contribution in [1.82, 2.24) is 4.98 Å². The van der Waals surface area contributed by atoms with Crippen molar-refractivity contribution in [2.75, 3.05) is 0 Å². The van der Waals surface area contributed by atoms with Crippen LogP contribution in [0.25, 0.3) is 0 Å². The molecular weight excluding hydrogens is 286 g/mol. The first-order chi connectivity index (χ1) is 7.75. The van der Waals surface area contributed by atoms with Gasteiger partial charge in [0.05, 0.1) is 11.8 Å². The first-order valence-corrected chi connectivity index (χ1v) is 6.75. The quantitative estimate of drug-likeness (QED) is 0.936. The molecule has 0 amide bonds. The van der Waals surface area contributed by atoms with Gasteiger partial charge in [-0.2, -0.15) is 0 Å². The molecule has 0 aliphatic rings. The average Bonchev–Trinajstić information content (AvgIpc) is 2.80.